The maximum Gasteiger partial charge on any atom is 0.246 e. The number of alkyl halides is 1. The highest BCUT2D eigenvalue weighted by molar-refractivity contribution is 9.10. The van der Waals surface area contributed by atoms with Crippen LogP contribution in [0.1, 0.15) is 53.0 Å². The molecule has 0 bridgehead atoms. The Balaban J connectivity index is 2.88. The lowest BCUT2D eigenvalue weighted by atomic mass is 9.98. The minimum Gasteiger partial charge on any atom is -0.335 e. The van der Waals surface area contributed by atoms with Crippen molar-refractivity contribution in [3.8, 4) is 0 Å². The molecule has 0 aliphatic rings. The van der Waals surface area contributed by atoms with Gasteiger partial charge in [-0.05, 0) is 30.2 Å². The molecule has 3 N–H and O–H groups in total. The first kappa shape index (κ1) is 27.0. The van der Waals surface area contributed by atoms with Crippen LogP contribution in [0.4, 0.5) is 0 Å². The zero-order chi connectivity index (χ0) is 23.7. The van der Waals surface area contributed by atoms with Gasteiger partial charge in [-0.25, -0.2) is 0 Å². The topological polar surface area (TPSA) is 110 Å². The molecule has 3 amide bonds. The molecule has 0 aliphatic heterocycles. The molecule has 172 valence electrons. The highest BCUT2D eigenvalue weighted by atomic mass is 79.9. The van der Waals surface area contributed by atoms with Crippen molar-refractivity contribution in [2.75, 3.05) is 0 Å². The number of nitrogens with two attached hydrogens (primary N) is 1. The number of carbonyl (C=O) groups excluding carboxylic acids is 4. The van der Waals surface area contributed by atoms with Crippen LogP contribution in [0.5, 0.6) is 0 Å². The van der Waals surface area contributed by atoms with Gasteiger partial charge >= 0.3 is 0 Å². The second-order valence-electron chi connectivity index (χ2n) is 8.48. The lowest BCUT2D eigenvalue weighted by Gasteiger charge is -2.33. The molecule has 8 heteroatoms. The van der Waals surface area contributed by atoms with Gasteiger partial charge in [-0.15, -0.1) is 0 Å². The number of hydrogen-bond acceptors (Lipinski definition) is 5. The number of hydrogen-bond donors (Lipinski definition) is 2. The standard InChI is InChI=1S/C23H34BrN3O4/c1-14(2)13-18(25)23(31)27(16(5)28)20(15(3)4)22(30)26-21(24)19(29)12-11-17-9-7-6-8-10-17/h6-10,14-15,18,20-21H,11-13,25H2,1-5H3,(H,26,30)/t18-,20-,21?/m0/s1. The highest BCUT2D eigenvalue weighted by Gasteiger charge is 2.38. The maximum atomic E-state index is 13.0. The van der Waals surface area contributed by atoms with E-state index in [-0.39, 0.29) is 24.0 Å². The van der Waals surface area contributed by atoms with Crippen molar-refractivity contribution in [2.24, 2.45) is 17.6 Å². The fourth-order valence-electron chi connectivity index (χ4n) is 3.32. The Hall–Kier alpha value is -2.06. The van der Waals surface area contributed by atoms with E-state index >= 15 is 0 Å². The molecule has 0 saturated heterocycles. The summed E-state index contributed by atoms with van der Waals surface area (Å²) in [7, 11) is 0. The number of halogens is 1. The van der Waals surface area contributed by atoms with E-state index in [9.17, 15) is 19.2 Å². The monoisotopic (exact) mass is 495 g/mol. The van der Waals surface area contributed by atoms with Crippen molar-refractivity contribution in [3.05, 3.63) is 35.9 Å². The first-order valence-electron chi connectivity index (χ1n) is 10.6. The van der Waals surface area contributed by atoms with Gasteiger partial charge in [0.15, 0.2) is 5.78 Å². The van der Waals surface area contributed by atoms with Crippen LogP contribution in [-0.2, 0) is 25.6 Å². The van der Waals surface area contributed by atoms with Gasteiger partial charge < -0.3 is 11.1 Å². The van der Waals surface area contributed by atoms with Gasteiger partial charge in [0.1, 0.15) is 11.0 Å². The second-order valence-corrected chi connectivity index (χ2v) is 9.39. The van der Waals surface area contributed by atoms with Gasteiger partial charge in [0.2, 0.25) is 17.7 Å². The smallest absolute Gasteiger partial charge is 0.246 e. The number of amides is 3. The van der Waals surface area contributed by atoms with Gasteiger partial charge in [0.25, 0.3) is 0 Å². The van der Waals surface area contributed by atoms with Crippen molar-refractivity contribution >= 4 is 39.4 Å². The van der Waals surface area contributed by atoms with Crippen LogP contribution in [0.15, 0.2) is 30.3 Å². The van der Waals surface area contributed by atoms with E-state index < -0.39 is 34.8 Å². The van der Waals surface area contributed by atoms with Crippen LogP contribution in [0, 0.1) is 11.8 Å². The first-order chi connectivity index (χ1) is 14.5. The summed E-state index contributed by atoms with van der Waals surface area (Å²) in [5.74, 6) is -2.12. The SMILES string of the molecule is CC(=O)N(C(=O)[C@@H](N)CC(C)C)[C@H](C(=O)NC(Br)C(=O)CCc1ccccc1)C(C)C. The van der Waals surface area contributed by atoms with E-state index in [1.165, 1.54) is 6.92 Å². The van der Waals surface area contributed by atoms with E-state index in [1.807, 2.05) is 44.2 Å². The van der Waals surface area contributed by atoms with E-state index in [1.54, 1.807) is 13.8 Å². The molecule has 1 rings (SSSR count). The molecule has 0 radical (unpaired) electrons. The van der Waals surface area contributed by atoms with E-state index in [2.05, 4.69) is 21.2 Å². The van der Waals surface area contributed by atoms with Crippen LogP contribution in [-0.4, -0.2) is 45.4 Å². The normalized spacial score (nSPS) is 14.1. The number of Topliss-reactive ketones (excluding diaryl/α,β-unsaturated/α-hetero) is 1. The quantitative estimate of drug-likeness (QED) is 0.362. The van der Waals surface area contributed by atoms with Crippen LogP contribution >= 0.6 is 15.9 Å². The molecule has 0 saturated carbocycles. The summed E-state index contributed by atoms with van der Waals surface area (Å²) < 4.78 is 0. The molecule has 0 fully saturated rings. The minimum atomic E-state index is -1.06. The number of imide groups is 1. The Kier molecular flexibility index (Phi) is 11.1. The molecule has 0 spiro atoms. The van der Waals surface area contributed by atoms with Crippen molar-refractivity contribution in [2.45, 2.75) is 70.9 Å². The molecular formula is C23H34BrN3O4. The molecule has 3 atom stereocenters. The predicted octanol–water partition coefficient (Wildman–Crippen LogP) is 2.80. The number of nitrogens with one attached hydrogen (secondary N) is 1. The van der Waals surface area contributed by atoms with E-state index in [4.69, 9.17) is 5.73 Å². The summed E-state index contributed by atoms with van der Waals surface area (Å²) >= 11 is 3.23. The average Bonchev–Trinajstić information content (AvgIpc) is 2.68. The molecule has 0 heterocycles. The molecule has 1 aromatic rings. The molecule has 1 aromatic carbocycles. The number of aryl methyl sites for hydroxylation is 1. The van der Waals surface area contributed by atoms with Crippen LogP contribution < -0.4 is 11.1 Å². The molecule has 7 nitrogen and oxygen atoms in total. The van der Waals surface area contributed by atoms with Gasteiger partial charge in [-0.2, -0.15) is 0 Å². The van der Waals surface area contributed by atoms with Gasteiger partial charge in [0.05, 0.1) is 6.04 Å². The summed E-state index contributed by atoms with van der Waals surface area (Å²) in [5, 5.41) is 2.61. The lowest BCUT2D eigenvalue weighted by Crippen LogP contribution is -2.59. The number of carbonyl (C=O) groups is 4. The van der Waals surface area contributed by atoms with Crippen molar-refractivity contribution in [1.82, 2.24) is 10.2 Å². The zero-order valence-corrected chi connectivity index (χ0v) is 20.5. The van der Waals surface area contributed by atoms with Gasteiger partial charge in [-0.3, -0.25) is 24.1 Å². The summed E-state index contributed by atoms with van der Waals surface area (Å²) in [5.41, 5.74) is 7.02. The van der Waals surface area contributed by atoms with Crippen molar-refractivity contribution < 1.29 is 19.2 Å². The van der Waals surface area contributed by atoms with Crippen LogP contribution in [0.3, 0.4) is 0 Å². The number of rotatable bonds is 11. The lowest BCUT2D eigenvalue weighted by molar-refractivity contribution is -0.153. The maximum absolute atomic E-state index is 13.0. The average molecular weight is 496 g/mol. The van der Waals surface area contributed by atoms with Crippen LogP contribution in [0.25, 0.3) is 0 Å². The molecule has 0 aromatic heterocycles. The molecule has 31 heavy (non-hydrogen) atoms. The highest BCUT2D eigenvalue weighted by Crippen LogP contribution is 2.17. The third-order valence-electron chi connectivity index (χ3n) is 4.85. The summed E-state index contributed by atoms with van der Waals surface area (Å²) in [6.45, 7) is 8.56. The Bertz CT molecular complexity index is 767. The van der Waals surface area contributed by atoms with Crippen molar-refractivity contribution in [1.29, 1.82) is 0 Å². The minimum absolute atomic E-state index is 0.160. The number of ketones is 1. The largest absolute Gasteiger partial charge is 0.335 e. The molecule has 0 aliphatic carbocycles. The summed E-state index contributed by atoms with van der Waals surface area (Å²) in [4.78, 5) is 50.7. The first-order valence-corrected chi connectivity index (χ1v) is 11.5. The number of benzene rings is 1. The van der Waals surface area contributed by atoms with Crippen LogP contribution in [0.2, 0.25) is 0 Å². The van der Waals surface area contributed by atoms with Gasteiger partial charge in [-0.1, -0.05) is 74.0 Å². The fraction of sp³-hybridized carbons (Fsp3) is 0.565. The third kappa shape index (κ3) is 8.53. The summed E-state index contributed by atoms with van der Waals surface area (Å²) in [6, 6.07) is 7.62. The molecular weight excluding hydrogens is 462 g/mol. The van der Waals surface area contributed by atoms with E-state index in [0.29, 0.717) is 12.8 Å². The fourth-order valence-corrected chi connectivity index (χ4v) is 3.78. The Morgan fingerprint density at radius 2 is 1.65 bits per heavy atom. The van der Waals surface area contributed by atoms with E-state index in [0.717, 1.165) is 10.5 Å². The second kappa shape index (κ2) is 12.7. The Morgan fingerprint density at radius 1 is 1.06 bits per heavy atom. The Morgan fingerprint density at radius 3 is 2.13 bits per heavy atom. The zero-order valence-electron chi connectivity index (χ0n) is 18.9. The number of nitrogens with zero attached hydrogens (tertiary/aromatic N) is 1. The molecule has 1 unspecified atom stereocenters. The third-order valence-corrected chi connectivity index (χ3v) is 5.59. The van der Waals surface area contributed by atoms with Gasteiger partial charge in [0, 0.05) is 13.3 Å². The summed E-state index contributed by atoms with van der Waals surface area (Å²) in [6.07, 6.45) is 1.18. The predicted molar refractivity (Wildman–Crippen MR) is 124 cm³/mol. The van der Waals surface area contributed by atoms with Crippen molar-refractivity contribution in [3.63, 3.8) is 0 Å². The Labute approximate surface area is 193 Å².